The van der Waals surface area contributed by atoms with Gasteiger partial charge in [0.1, 0.15) is 0 Å². The van der Waals surface area contributed by atoms with Crippen LogP contribution in [0.5, 0.6) is 0 Å². The van der Waals surface area contributed by atoms with Crippen LogP contribution in [-0.2, 0) is 22.7 Å². The molecule has 0 aromatic heterocycles. The van der Waals surface area contributed by atoms with Crippen LogP contribution >= 0.6 is 0 Å². The van der Waals surface area contributed by atoms with E-state index in [1.165, 1.54) is 0 Å². The van der Waals surface area contributed by atoms with Gasteiger partial charge in [-0.25, -0.2) is 0 Å². The van der Waals surface area contributed by atoms with E-state index in [-0.39, 0.29) is 5.91 Å². The van der Waals surface area contributed by atoms with Crippen molar-refractivity contribution in [3.05, 3.63) is 35.4 Å². The van der Waals surface area contributed by atoms with E-state index in [2.05, 4.69) is 46.3 Å². The van der Waals surface area contributed by atoms with Gasteiger partial charge in [0, 0.05) is 39.3 Å². The Labute approximate surface area is 139 Å². The van der Waals surface area contributed by atoms with Crippen molar-refractivity contribution < 1.29 is 9.53 Å². The van der Waals surface area contributed by atoms with E-state index >= 15 is 0 Å². The maximum absolute atomic E-state index is 12.1. The predicted molar refractivity (Wildman–Crippen MR) is 92.2 cm³/mol. The third kappa shape index (κ3) is 6.29. The zero-order valence-electron chi connectivity index (χ0n) is 14.4. The van der Waals surface area contributed by atoms with Crippen molar-refractivity contribution in [3.63, 3.8) is 0 Å². The molecule has 0 saturated carbocycles. The standard InChI is InChI=1S/C18H29N3O2/c1-3-20-9-11-21(12-10-20)14-18(22)19-13-16-5-7-17(8-6-16)15-23-4-2/h5-8H,3-4,9-15H2,1-2H3,(H,19,22). The zero-order valence-corrected chi connectivity index (χ0v) is 14.4. The summed E-state index contributed by atoms with van der Waals surface area (Å²) in [4.78, 5) is 16.7. The molecule has 1 aromatic rings. The summed E-state index contributed by atoms with van der Waals surface area (Å²) in [7, 11) is 0. The number of nitrogens with one attached hydrogen (secondary N) is 1. The molecule has 1 heterocycles. The summed E-state index contributed by atoms with van der Waals surface area (Å²) in [5.74, 6) is 0.105. The third-order valence-corrected chi connectivity index (χ3v) is 4.26. The fourth-order valence-corrected chi connectivity index (χ4v) is 2.70. The average molecular weight is 319 g/mol. The molecule has 0 spiro atoms. The monoisotopic (exact) mass is 319 g/mol. The van der Waals surface area contributed by atoms with E-state index in [1.807, 2.05) is 6.92 Å². The van der Waals surface area contributed by atoms with Gasteiger partial charge in [0.2, 0.25) is 5.91 Å². The normalized spacial score (nSPS) is 16.4. The highest BCUT2D eigenvalue weighted by molar-refractivity contribution is 5.78. The SMILES string of the molecule is CCOCc1ccc(CNC(=O)CN2CCN(CC)CC2)cc1. The minimum Gasteiger partial charge on any atom is -0.377 e. The molecule has 0 aliphatic carbocycles. The first kappa shape index (κ1) is 17.9. The molecule has 1 N–H and O–H groups in total. The van der Waals surface area contributed by atoms with Crippen LogP contribution in [-0.4, -0.2) is 61.6 Å². The van der Waals surface area contributed by atoms with Crippen LogP contribution in [0.25, 0.3) is 0 Å². The Morgan fingerprint density at radius 3 is 2.26 bits per heavy atom. The number of hydrogen-bond donors (Lipinski definition) is 1. The van der Waals surface area contributed by atoms with Crippen molar-refractivity contribution in [1.82, 2.24) is 15.1 Å². The Hall–Kier alpha value is -1.43. The Morgan fingerprint density at radius 1 is 1.04 bits per heavy atom. The summed E-state index contributed by atoms with van der Waals surface area (Å²) in [6, 6.07) is 8.21. The number of ether oxygens (including phenoxy) is 1. The molecule has 128 valence electrons. The average Bonchev–Trinajstić information content (AvgIpc) is 2.59. The molecule has 1 aliphatic rings. The summed E-state index contributed by atoms with van der Waals surface area (Å²) in [5, 5.41) is 3.01. The molecule has 0 radical (unpaired) electrons. The Kier molecular flexibility index (Phi) is 7.52. The number of amides is 1. The van der Waals surface area contributed by atoms with Gasteiger partial charge in [-0.15, -0.1) is 0 Å². The first-order chi connectivity index (χ1) is 11.2. The minimum atomic E-state index is 0.105. The number of carbonyl (C=O) groups is 1. The van der Waals surface area contributed by atoms with Crippen molar-refractivity contribution >= 4 is 5.91 Å². The molecule has 5 heteroatoms. The van der Waals surface area contributed by atoms with Crippen LogP contribution in [0, 0.1) is 0 Å². The summed E-state index contributed by atoms with van der Waals surface area (Å²) < 4.78 is 5.38. The fraction of sp³-hybridized carbons (Fsp3) is 0.611. The molecule has 1 saturated heterocycles. The molecular formula is C18H29N3O2. The lowest BCUT2D eigenvalue weighted by Crippen LogP contribution is -2.49. The molecule has 1 fully saturated rings. The maximum Gasteiger partial charge on any atom is 0.234 e. The highest BCUT2D eigenvalue weighted by Gasteiger charge is 2.17. The van der Waals surface area contributed by atoms with Gasteiger partial charge >= 0.3 is 0 Å². The van der Waals surface area contributed by atoms with Crippen LogP contribution in [0.4, 0.5) is 0 Å². The van der Waals surface area contributed by atoms with Gasteiger partial charge in [0.25, 0.3) is 0 Å². The van der Waals surface area contributed by atoms with E-state index in [4.69, 9.17) is 4.74 Å². The molecule has 0 unspecified atom stereocenters. The second kappa shape index (κ2) is 9.65. The van der Waals surface area contributed by atoms with E-state index in [1.54, 1.807) is 0 Å². The second-order valence-corrected chi connectivity index (χ2v) is 5.94. The van der Waals surface area contributed by atoms with Crippen LogP contribution in [0.2, 0.25) is 0 Å². The Morgan fingerprint density at radius 2 is 1.65 bits per heavy atom. The van der Waals surface area contributed by atoms with E-state index in [0.717, 1.165) is 50.5 Å². The van der Waals surface area contributed by atoms with Gasteiger partial charge in [-0.05, 0) is 24.6 Å². The minimum absolute atomic E-state index is 0.105. The van der Waals surface area contributed by atoms with Crippen molar-refractivity contribution in [3.8, 4) is 0 Å². The van der Waals surface area contributed by atoms with Crippen LogP contribution in [0.15, 0.2) is 24.3 Å². The molecule has 5 nitrogen and oxygen atoms in total. The molecular weight excluding hydrogens is 290 g/mol. The van der Waals surface area contributed by atoms with E-state index in [9.17, 15) is 4.79 Å². The lowest BCUT2D eigenvalue weighted by atomic mass is 10.1. The first-order valence-corrected chi connectivity index (χ1v) is 8.58. The molecule has 1 aliphatic heterocycles. The number of carbonyl (C=O) groups excluding carboxylic acids is 1. The largest absolute Gasteiger partial charge is 0.377 e. The second-order valence-electron chi connectivity index (χ2n) is 5.94. The summed E-state index contributed by atoms with van der Waals surface area (Å²) in [6.07, 6.45) is 0. The van der Waals surface area contributed by atoms with Gasteiger partial charge in [-0.1, -0.05) is 31.2 Å². The number of rotatable bonds is 8. The van der Waals surface area contributed by atoms with Crippen molar-refractivity contribution in [2.24, 2.45) is 0 Å². The molecule has 23 heavy (non-hydrogen) atoms. The Balaban J connectivity index is 1.68. The van der Waals surface area contributed by atoms with Crippen LogP contribution in [0.1, 0.15) is 25.0 Å². The summed E-state index contributed by atoms with van der Waals surface area (Å²) in [6.45, 7) is 11.8. The Bertz CT molecular complexity index is 468. The smallest absolute Gasteiger partial charge is 0.234 e. The van der Waals surface area contributed by atoms with Crippen molar-refractivity contribution in [2.75, 3.05) is 45.9 Å². The highest BCUT2D eigenvalue weighted by Crippen LogP contribution is 2.06. The molecule has 1 amide bonds. The zero-order chi connectivity index (χ0) is 16.5. The number of hydrogen-bond acceptors (Lipinski definition) is 4. The lowest BCUT2D eigenvalue weighted by molar-refractivity contribution is -0.122. The molecule has 0 bridgehead atoms. The van der Waals surface area contributed by atoms with Gasteiger partial charge in [-0.2, -0.15) is 0 Å². The van der Waals surface area contributed by atoms with Gasteiger partial charge < -0.3 is 15.0 Å². The number of likely N-dealkylation sites (N-methyl/N-ethyl adjacent to an activating group) is 1. The highest BCUT2D eigenvalue weighted by atomic mass is 16.5. The quantitative estimate of drug-likeness (QED) is 0.788. The lowest BCUT2D eigenvalue weighted by Gasteiger charge is -2.33. The molecule has 0 atom stereocenters. The topological polar surface area (TPSA) is 44.8 Å². The van der Waals surface area contributed by atoms with Gasteiger partial charge in [-0.3, -0.25) is 9.69 Å². The predicted octanol–water partition coefficient (Wildman–Crippen LogP) is 1.48. The third-order valence-electron chi connectivity index (χ3n) is 4.26. The molecule has 1 aromatic carbocycles. The van der Waals surface area contributed by atoms with E-state index in [0.29, 0.717) is 19.7 Å². The van der Waals surface area contributed by atoms with Crippen LogP contribution in [0.3, 0.4) is 0 Å². The number of benzene rings is 1. The summed E-state index contributed by atoms with van der Waals surface area (Å²) >= 11 is 0. The van der Waals surface area contributed by atoms with Gasteiger partial charge in [0.15, 0.2) is 0 Å². The fourth-order valence-electron chi connectivity index (χ4n) is 2.70. The van der Waals surface area contributed by atoms with Crippen molar-refractivity contribution in [1.29, 1.82) is 0 Å². The van der Waals surface area contributed by atoms with Crippen molar-refractivity contribution in [2.45, 2.75) is 27.0 Å². The maximum atomic E-state index is 12.1. The molecule has 2 rings (SSSR count). The first-order valence-electron chi connectivity index (χ1n) is 8.58. The number of piperazine rings is 1. The van der Waals surface area contributed by atoms with Crippen LogP contribution < -0.4 is 5.32 Å². The van der Waals surface area contributed by atoms with E-state index < -0.39 is 0 Å². The number of nitrogens with zero attached hydrogens (tertiary/aromatic N) is 2. The summed E-state index contributed by atoms with van der Waals surface area (Å²) in [5.41, 5.74) is 2.28. The van der Waals surface area contributed by atoms with Gasteiger partial charge in [0.05, 0.1) is 13.2 Å².